The molecule has 13 heteroatoms. The maximum atomic E-state index is 14.6. The minimum Gasteiger partial charge on any atom is -0.480 e. The summed E-state index contributed by atoms with van der Waals surface area (Å²) < 4.78 is 49.3. The number of carboxylic acids is 1. The zero-order valence-electron chi connectivity index (χ0n) is 23.4. The fraction of sp³-hybridized carbons (Fsp3) is 0.433. The number of nitrogens with two attached hydrogens (primary N) is 1. The minimum atomic E-state index is -4.83. The Morgan fingerprint density at radius 2 is 1.95 bits per heavy atom. The highest BCUT2D eigenvalue weighted by molar-refractivity contribution is 6.30. The Hall–Kier alpha value is -3.61. The van der Waals surface area contributed by atoms with Crippen LogP contribution in [0.1, 0.15) is 49.8 Å². The van der Waals surface area contributed by atoms with Gasteiger partial charge in [-0.2, -0.15) is 23.1 Å². The van der Waals surface area contributed by atoms with Crippen LogP contribution in [0.25, 0.3) is 11.1 Å². The molecule has 2 aromatic carbocycles. The molecule has 3 heterocycles. The van der Waals surface area contributed by atoms with Crippen molar-refractivity contribution in [3.05, 3.63) is 64.7 Å². The van der Waals surface area contributed by atoms with Crippen molar-refractivity contribution in [3.63, 3.8) is 0 Å². The van der Waals surface area contributed by atoms with Crippen molar-refractivity contribution in [1.29, 1.82) is 0 Å². The predicted octanol–water partition coefficient (Wildman–Crippen LogP) is 5.37. The average molecular weight is 620 g/mol. The second-order valence-corrected chi connectivity index (χ2v) is 11.6. The molecule has 3 atom stereocenters. The number of aliphatic hydroxyl groups excluding tert-OH is 1. The highest BCUT2D eigenvalue weighted by Crippen LogP contribution is 2.46. The van der Waals surface area contributed by atoms with Crippen molar-refractivity contribution < 1.29 is 32.9 Å². The van der Waals surface area contributed by atoms with E-state index in [1.54, 1.807) is 24.3 Å². The normalized spacial score (nSPS) is 20.7. The van der Waals surface area contributed by atoms with Gasteiger partial charge in [0.25, 0.3) is 0 Å². The number of nitrogens with one attached hydrogen (secondary N) is 1. The van der Waals surface area contributed by atoms with Gasteiger partial charge in [-0.05, 0) is 66.0 Å². The lowest BCUT2D eigenvalue weighted by Gasteiger charge is -2.43. The van der Waals surface area contributed by atoms with E-state index in [1.807, 2.05) is 11.8 Å². The van der Waals surface area contributed by atoms with Crippen molar-refractivity contribution in [2.45, 2.75) is 63.6 Å². The molecule has 2 saturated heterocycles. The molecule has 1 spiro atoms. The largest absolute Gasteiger partial charge is 0.480 e. The Kier molecular flexibility index (Phi) is 8.73. The third-order valence-corrected chi connectivity index (χ3v) is 8.74. The van der Waals surface area contributed by atoms with Crippen molar-refractivity contribution in [2.24, 2.45) is 5.41 Å². The molecule has 1 aromatic heterocycles. The molecular weight excluding hydrogens is 587 g/mol. The first-order valence-electron chi connectivity index (χ1n) is 14.0. The van der Waals surface area contributed by atoms with E-state index in [4.69, 9.17) is 22.1 Å². The van der Waals surface area contributed by atoms with Crippen LogP contribution in [0.15, 0.2) is 48.5 Å². The number of alkyl halides is 3. The third-order valence-electron chi connectivity index (χ3n) is 8.50. The SMILES string of the molecule is CCC1NC(C(=O)O)CC12CCN(c1cc(O[C@H](c3ccc(Cl)cc3-c3cccc(CO)c3)C(F)(F)F)nc(N)n1)CC2. The molecule has 2 fully saturated rings. The Balaban J connectivity index is 1.42. The fourth-order valence-electron chi connectivity index (χ4n) is 6.39. The van der Waals surface area contributed by atoms with Crippen molar-refractivity contribution in [3.8, 4) is 17.0 Å². The lowest BCUT2D eigenvalue weighted by molar-refractivity contribution is -0.198. The number of anilines is 2. The Labute approximate surface area is 251 Å². The molecule has 0 saturated carbocycles. The lowest BCUT2D eigenvalue weighted by Crippen LogP contribution is -2.46. The summed E-state index contributed by atoms with van der Waals surface area (Å²) in [7, 11) is 0. The summed E-state index contributed by atoms with van der Waals surface area (Å²) in [6.07, 6.45) is -4.55. The first-order valence-corrected chi connectivity index (χ1v) is 14.4. The van der Waals surface area contributed by atoms with Crippen molar-refractivity contribution in [1.82, 2.24) is 15.3 Å². The molecule has 3 aromatic rings. The van der Waals surface area contributed by atoms with Crippen molar-refractivity contribution >= 4 is 29.3 Å². The number of nitrogens with zero attached hydrogens (tertiary/aromatic N) is 3. The highest BCUT2D eigenvalue weighted by atomic mass is 35.5. The average Bonchev–Trinajstić information content (AvgIpc) is 3.33. The summed E-state index contributed by atoms with van der Waals surface area (Å²) >= 11 is 6.19. The zero-order chi connectivity index (χ0) is 30.9. The summed E-state index contributed by atoms with van der Waals surface area (Å²) in [5.41, 5.74) is 6.74. The summed E-state index contributed by atoms with van der Waals surface area (Å²) in [6, 6.07) is 11.4. The molecule has 5 N–H and O–H groups in total. The van der Waals surface area contributed by atoms with Gasteiger partial charge in [-0.25, -0.2) is 0 Å². The van der Waals surface area contributed by atoms with Gasteiger partial charge in [0.2, 0.25) is 17.9 Å². The number of hydrogen-bond donors (Lipinski definition) is 4. The molecule has 0 amide bonds. The number of halogens is 4. The van der Waals surface area contributed by atoms with Gasteiger partial charge in [0.15, 0.2) is 0 Å². The van der Waals surface area contributed by atoms with Crippen LogP contribution in [0.4, 0.5) is 24.9 Å². The second-order valence-electron chi connectivity index (χ2n) is 11.1. The zero-order valence-corrected chi connectivity index (χ0v) is 24.2. The van der Waals surface area contributed by atoms with E-state index in [0.29, 0.717) is 49.3 Å². The number of aliphatic carboxylic acids is 1. The molecule has 5 rings (SSSR count). The molecule has 0 radical (unpaired) electrons. The molecule has 9 nitrogen and oxygen atoms in total. The maximum Gasteiger partial charge on any atom is 0.429 e. The molecular formula is C30H33ClF3N5O4. The van der Waals surface area contributed by atoms with Gasteiger partial charge in [-0.15, -0.1) is 0 Å². The van der Waals surface area contributed by atoms with Gasteiger partial charge in [-0.3, -0.25) is 4.79 Å². The maximum absolute atomic E-state index is 14.6. The van der Waals surface area contributed by atoms with E-state index >= 15 is 0 Å². The number of rotatable bonds is 8. The number of benzene rings is 2. The predicted molar refractivity (Wildman–Crippen MR) is 156 cm³/mol. The van der Waals surface area contributed by atoms with Gasteiger partial charge >= 0.3 is 12.1 Å². The lowest BCUT2D eigenvalue weighted by atomic mass is 9.71. The van der Waals surface area contributed by atoms with Gasteiger partial charge < -0.3 is 30.9 Å². The topological polar surface area (TPSA) is 134 Å². The van der Waals surface area contributed by atoms with E-state index in [0.717, 1.165) is 6.42 Å². The fourth-order valence-corrected chi connectivity index (χ4v) is 6.57. The smallest absolute Gasteiger partial charge is 0.429 e. The molecule has 2 aliphatic heterocycles. The molecule has 0 bridgehead atoms. The Bertz CT molecular complexity index is 1480. The molecule has 0 aliphatic carbocycles. The summed E-state index contributed by atoms with van der Waals surface area (Å²) in [4.78, 5) is 21.8. The summed E-state index contributed by atoms with van der Waals surface area (Å²) in [6.45, 7) is 2.79. The number of nitrogen functional groups attached to an aromatic ring is 1. The van der Waals surface area contributed by atoms with E-state index in [-0.39, 0.29) is 46.0 Å². The van der Waals surface area contributed by atoms with Crippen LogP contribution >= 0.6 is 11.6 Å². The number of carboxylic acid groups (broad SMARTS) is 1. The van der Waals surface area contributed by atoms with E-state index in [9.17, 15) is 28.2 Å². The number of aliphatic hydroxyl groups is 1. The van der Waals surface area contributed by atoms with Crippen LogP contribution in [0, 0.1) is 5.41 Å². The minimum absolute atomic E-state index is 0.0595. The Morgan fingerprint density at radius 1 is 1.21 bits per heavy atom. The van der Waals surface area contributed by atoms with Crippen LogP contribution in [-0.4, -0.2) is 57.5 Å². The summed E-state index contributed by atoms with van der Waals surface area (Å²) in [5, 5.41) is 22.6. The number of ether oxygens (including phenoxy) is 1. The standard InChI is InChI=1S/C30H33ClF3N5O4/c1-2-23-29(15-22(36-23)27(41)42)8-10-39(11-9-29)24-14-25(38-28(35)37-24)43-26(30(32,33)34)20-7-6-19(31)13-21(20)18-5-3-4-17(12-18)16-40/h3-7,12-14,22-23,26,36,40H,2,8-11,15-16H2,1H3,(H,41,42)(H2,35,37,38)/t22?,23?,26-/m1/s1. The van der Waals surface area contributed by atoms with Crippen LogP contribution < -0.4 is 20.7 Å². The summed E-state index contributed by atoms with van der Waals surface area (Å²) in [5.74, 6) is -1.11. The van der Waals surface area contributed by atoms with Crippen LogP contribution in [0.2, 0.25) is 5.02 Å². The highest BCUT2D eigenvalue weighted by Gasteiger charge is 2.50. The number of piperidine rings is 1. The van der Waals surface area contributed by atoms with E-state index in [1.165, 1.54) is 24.3 Å². The van der Waals surface area contributed by atoms with Crippen LogP contribution in [0.5, 0.6) is 5.88 Å². The second kappa shape index (κ2) is 12.2. The molecule has 43 heavy (non-hydrogen) atoms. The molecule has 2 aliphatic rings. The van der Waals surface area contributed by atoms with Gasteiger partial charge in [0.1, 0.15) is 11.9 Å². The molecule has 2 unspecified atom stereocenters. The number of aromatic nitrogens is 2. The number of carbonyl (C=O) groups is 1. The first-order chi connectivity index (χ1) is 20.4. The van der Waals surface area contributed by atoms with Crippen LogP contribution in [0.3, 0.4) is 0 Å². The van der Waals surface area contributed by atoms with E-state index < -0.39 is 24.3 Å². The van der Waals surface area contributed by atoms with Gasteiger partial charge in [-0.1, -0.05) is 42.8 Å². The van der Waals surface area contributed by atoms with Gasteiger partial charge in [0, 0.05) is 35.8 Å². The monoisotopic (exact) mass is 619 g/mol. The van der Waals surface area contributed by atoms with E-state index in [2.05, 4.69) is 15.3 Å². The molecule has 230 valence electrons. The third kappa shape index (κ3) is 6.51. The first kappa shape index (κ1) is 30.8. The van der Waals surface area contributed by atoms with Crippen LogP contribution in [-0.2, 0) is 11.4 Å². The van der Waals surface area contributed by atoms with Crippen molar-refractivity contribution in [2.75, 3.05) is 23.7 Å². The number of hydrogen-bond acceptors (Lipinski definition) is 8. The Morgan fingerprint density at radius 3 is 2.60 bits per heavy atom. The quantitative estimate of drug-likeness (QED) is 0.263. The van der Waals surface area contributed by atoms with Gasteiger partial charge in [0.05, 0.1) is 6.61 Å².